The first-order chi connectivity index (χ1) is 5.97. The Morgan fingerprint density at radius 2 is 2.00 bits per heavy atom. The number of benzene rings is 1. The van der Waals surface area contributed by atoms with Gasteiger partial charge in [-0.1, -0.05) is 6.07 Å². The average molecular weight is 196 g/mol. The van der Waals surface area contributed by atoms with Crippen LogP contribution in [-0.4, -0.2) is 4.75 Å². The molecular weight excluding hydrogens is 180 g/mol. The van der Waals surface area contributed by atoms with Gasteiger partial charge in [0.15, 0.2) is 0 Å². The van der Waals surface area contributed by atoms with Crippen LogP contribution < -0.4 is 10.5 Å². The van der Waals surface area contributed by atoms with Crippen LogP contribution in [0.15, 0.2) is 24.3 Å². The summed E-state index contributed by atoms with van der Waals surface area (Å²) in [7, 11) is 0. The van der Waals surface area contributed by atoms with Gasteiger partial charge in [-0.3, -0.25) is 0 Å². The molecule has 72 valence electrons. The van der Waals surface area contributed by atoms with Crippen LogP contribution in [0.2, 0.25) is 0 Å². The van der Waals surface area contributed by atoms with Gasteiger partial charge >= 0.3 is 0 Å². The second kappa shape index (κ2) is 3.92. The van der Waals surface area contributed by atoms with E-state index in [4.69, 9.17) is 5.73 Å². The van der Waals surface area contributed by atoms with Crippen LogP contribution in [0, 0.1) is 0 Å². The van der Waals surface area contributed by atoms with Gasteiger partial charge in [-0.05, 0) is 50.9 Å². The monoisotopic (exact) mass is 196 g/mol. The summed E-state index contributed by atoms with van der Waals surface area (Å²) in [4.78, 5) is 0. The Labute approximate surface area is 84.0 Å². The van der Waals surface area contributed by atoms with Gasteiger partial charge < -0.3 is 10.5 Å². The predicted molar refractivity (Wildman–Crippen MR) is 61.8 cm³/mol. The molecule has 0 aromatic heterocycles. The summed E-state index contributed by atoms with van der Waals surface area (Å²) in [5.41, 5.74) is 7.50. The van der Waals surface area contributed by atoms with Gasteiger partial charge in [0.2, 0.25) is 0 Å². The molecule has 1 rings (SSSR count). The summed E-state index contributed by atoms with van der Waals surface area (Å²) in [6, 6.07) is 7.77. The fourth-order valence-electron chi connectivity index (χ4n) is 0.814. The van der Waals surface area contributed by atoms with Crippen LogP contribution in [0.5, 0.6) is 0 Å². The molecule has 0 fully saturated rings. The molecule has 1 aromatic rings. The molecule has 2 nitrogen and oxygen atoms in total. The molecule has 0 heterocycles. The Bertz CT molecular complexity index is 278. The second-order valence-electron chi connectivity index (χ2n) is 3.94. The van der Waals surface area contributed by atoms with Crippen LogP contribution in [0.4, 0.5) is 11.4 Å². The highest BCUT2D eigenvalue weighted by atomic mass is 32.2. The molecule has 0 radical (unpaired) electrons. The molecule has 0 aliphatic rings. The molecular formula is C10H16N2S. The lowest BCUT2D eigenvalue weighted by molar-refractivity contribution is 0.806. The third-order valence-electron chi connectivity index (χ3n) is 1.36. The zero-order valence-corrected chi connectivity index (χ0v) is 9.11. The molecule has 0 bridgehead atoms. The van der Waals surface area contributed by atoms with E-state index in [1.807, 2.05) is 24.3 Å². The van der Waals surface area contributed by atoms with Gasteiger partial charge in [0, 0.05) is 16.1 Å². The summed E-state index contributed by atoms with van der Waals surface area (Å²) >= 11 is 1.69. The molecule has 13 heavy (non-hydrogen) atoms. The molecule has 1 aromatic carbocycles. The molecule has 0 saturated carbocycles. The highest BCUT2D eigenvalue weighted by molar-refractivity contribution is 8.01. The topological polar surface area (TPSA) is 38.0 Å². The van der Waals surface area contributed by atoms with Crippen molar-refractivity contribution >= 4 is 23.3 Å². The number of rotatable bonds is 2. The Balaban J connectivity index is 2.55. The van der Waals surface area contributed by atoms with Crippen molar-refractivity contribution in [3.63, 3.8) is 0 Å². The molecule has 0 spiro atoms. The first kappa shape index (κ1) is 10.3. The number of anilines is 2. The van der Waals surface area contributed by atoms with Gasteiger partial charge in [0.25, 0.3) is 0 Å². The number of hydrogen-bond acceptors (Lipinski definition) is 3. The highest BCUT2D eigenvalue weighted by Crippen LogP contribution is 2.25. The zero-order valence-electron chi connectivity index (χ0n) is 8.29. The van der Waals surface area contributed by atoms with Gasteiger partial charge in [-0.2, -0.15) is 0 Å². The van der Waals surface area contributed by atoms with E-state index in [2.05, 4.69) is 25.5 Å². The van der Waals surface area contributed by atoms with Crippen LogP contribution in [0.3, 0.4) is 0 Å². The molecule has 0 aliphatic carbocycles. The van der Waals surface area contributed by atoms with Gasteiger partial charge in [0.1, 0.15) is 0 Å². The SMILES string of the molecule is CC(C)(C)SNc1cccc(N)c1. The first-order valence-electron chi connectivity index (χ1n) is 4.27. The smallest absolute Gasteiger partial charge is 0.0460 e. The molecule has 3 heteroatoms. The number of nitrogens with two attached hydrogens (primary N) is 1. The molecule has 0 unspecified atom stereocenters. The fraction of sp³-hybridized carbons (Fsp3) is 0.400. The van der Waals surface area contributed by atoms with Crippen LogP contribution in [0.25, 0.3) is 0 Å². The Morgan fingerprint density at radius 1 is 1.31 bits per heavy atom. The number of nitrogen functional groups attached to an aromatic ring is 1. The van der Waals surface area contributed by atoms with Crippen LogP contribution in [-0.2, 0) is 0 Å². The fourth-order valence-corrected chi connectivity index (χ4v) is 1.37. The Kier molecular flexibility index (Phi) is 3.09. The molecule has 0 amide bonds. The van der Waals surface area contributed by atoms with E-state index in [0.29, 0.717) is 0 Å². The van der Waals surface area contributed by atoms with E-state index in [1.54, 1.807) is 11.9 Å². The van der Waals surface area contributed by atoms with Crippen molar-refractivity contribution in [1.82, 2.24) is 0 Å². The van der Waals surface area contributed by atoms with Crippen molar-refractivity contribution in [2.75, 3.05) is 10.5 Å². The van der Waals surface area contributed by atoms with E-state index < -0.39 is 0 Å². The van der Waals surface area contributed by atoms with Crippen molar-refractivity contribution in [3.8, 4) is 0 Å². The van der Waals surface area contributed by atoms with Crippen molar-refractivity contribution in [2.24, 2.45) is 0 Å². The van der Waals surface area contributed by atoms with E-state index in [-0.39, 0.29) is 4.75 Å². The summed E-state index contributed by atoms with van der Waals surface area (Å²) in [5.74, 6) is 0. The average Bonchev–Trinajstić information content (AvgIpc) is 2.00. The molecule has 0 saturated heterocycles. The summed E-state index contributed by atoms with van der Waals surface area (Å²) < 4.78 is 3.47. The van der Waals surface area contributed by atoms with E-state index >= 15 is 0 Å². The van der Waals surface area contributed by atoms with Gasteiger partial charge in [0.05, 0.1) is 0 Å². The van der Waals surface area contributed by atoms with Gasteiger partial charge in [-0.15, -0.1) is 0 Å². The molecule has 0 atom stereocenters. The minimum atomic E-state index is 0.213. The largest absolute Gasteiger partial charge is 0.399 e. The van der Waals surface area contributed by atoms with E-state index in [0.717, 1.165) is 11.4 Å². The standard InChI is InChI=1S/C10H16N2S/c1-10(2,3)13-12-9-6-4-5-8(11)7-9/h4-7,12H,11H2,1-3H3. The minimum absolute atomic E-state index is 0.213. The maximum atomic E-state index is 5.65. The van der Waals surface area contributed by atoms with Gasteiger partial charge in [-0.25, -0.2) is 0 Å². The summed E-state index contributed by atoms with van der Waals surface area (Å²) in [6.45, 7) is 6.49. The second-order valence-corrected chi connectivity index (χ2v) is 5.57. The lowest BCUT2D eigenvalue weighted by Gasteiger charge is -2.18. The zero-order chi connectivity index (χ0) is 9.90. The minimum Gasteiger partial charge on any atom is -0.399 e. The van der Waals surface area contributed by atoms with Crippen LogP contribution in [0.1, 0.15) is 20.8 Å². The highest BCUT2D eigenvalue weighted by Gasteiger charge is 2.10. The quantitative estimate of drug-likeness (QED) is 0.564. The maximum Gasteiger partial charge on any atom is 0.0460 e. The summed E-state index contributed by atoms with van der Waals surface area (Å²) in [5, 5.41) is 0. The molecule has 3 N–H and O–H groups in total. The third-order valence-corrected chi connectivity index (χ3v) is 2.31. The van der Waals surface area contributed by atoms with Crippen molar-refractivity contribution in [1.29, 1.82) is 0 Å². The molecule has 0 aliphatic heterocycles. The maximum absolute atomic E-state index is 5.65. The Morgan fingerprint density at radius 3 is 2.54 bits per heavy atom. The lowest BCUT2D eigenvalue weighted by Crippen LogP contribution is -2.10. The first-order valence-corrected chi connectivity index (χ1v) is 5.08. The van der Waals surface area contributed by atoms with Crippen molar-refractivity contribution < 1.29 is 0 Å². The number of hydrogen-bond donors (Lipinski definition) is 2. The Hall–Kier alpha value is -0.830. The number of nitrogens with one attached hydrogen (secondary N) is 1. The third kappa shape index (κ3) is 4.08. The normalized spacial score (nSPS) is 11.3. The van der Waals surface area contributed by atoms with Crippen LogP contribution >= 0.6 is 11.9 Å². The van der Waals surface area contributed by atoms with Crippen molar-refractivity contribution in [3.05, 3.63) is 24.3 Å². The van der Waals surface area contributed by atoms with Crippen molar-refractivity contribution in [2.45, 2.75) is 25.5 Å². The van der Waals surface area contributed by atoms with E-state index in [1.165, 1.54) is 0 Å². The lowest BCUT2D eigenvalue weighted by atomic mass is 10.3. The summed E-state index contributed by atoms with van der Waals surface area (Å²) in [6.07, 6.45) is 0. The van der Waals surface area contributed by atoms with E-state index in [9.17, 15) is 0 Å². The predicted octanol–water partition coefficient (Wildman–Crippen LogP) is 3.13.